The molecule has 1 aliphatic carbocycles. The molecule has 0 bridgehead atoms. The van der Waals surface area contributed by atoms with Gasteiger partial charge in [0.05, 0.1) is 6.10 Å². The van der Waals surface area contributed by atoms with E-state index in [1.54, 1.807) is 6.08 Å². The first kappa shape index (κ1) is 15.7. The van der Waals surface area contributed by atoms with Crippen molar-refractivity contribution in [3.05, 3.63) is 12.2 Å². The highest BCUT2D eigenvalue weighted by atomic mass is 19.1. The molecular weight excluding hydrogens is 227 g/mol. The Morgan fingerprint density at radius 1 is 1.22 bits per heavy atom. The first-order chi connectivity index (χ1) is 8.81. The van der Waals surface area contributed by atoms with Crippen LogP contribution in [0.15, 0.2) is 12.2 Å². The van der Waals surface area contributed by atoms with Crippen LogP contribution in [0.5, 0.6) is 0 Å². The molecule has 106 valence electrons. The Hall–Kier alpha value is -0.370. The highest BCUT2D eigenvalue weighted by Crippen LogP contribution is 2.33. The van der Waals surface area contributed by atoms with Gasteiger partial charge in [0.1, 0.15) is 6.67 Å². The zero-order valence-electron chi connectivity index (χ0n) is 12.0. The van der Waals surface area contributed by atoms with Gasteiger partial charge < -0.3 is 4.74 Å². The van der Waals surface area contributed by atoms with Crippen LogP contribution in [0.25, 0.3) is 0 Å². The number of unbranched alkanes of at least 4 members (excludes halogenated alkanes) is 1. The van der Waals surface area contributed by atoms with Gasteiger partial charge in [-0.15, -0.1) is 0 Å². The van der Waals surface area contributed by atoms with Crippen molar-refractivity contribution in [3.8, 4) is 0 Å². The van der Waals surface area contributed by atoms with Gasteiger partial charge in [0.15, 0.2) is 0 Å². The Balaban J connectivity index is 2.28. The molecule has 0 saturated heterocycles. The molecule has 0 radical (unpaired) electrons. The molecular formula is C16H29FO. The average Bonchev–Trinajstić information content (AvgIpc) is 2.42. The zero-order chi connectivity index (χ0) is 13.2. The summed E-state index contributed by atoms with van der Waals surface area (Å²) < 4.78 is 18.1. The first-order valence-electron chi connectivity index (χ1n) is 7.66. The molecule has 0 N–H and O–H groups in total. The minimum absolute atomic E-state index is 0.322. The van der Waals surface area contributed by atoms with Gasteiger partial charge in [-0.25, -0.2) is 4.39 Å². The SMILES string of the molecule is CCCCOC(CC)C1CCC(/C=C/CF)CC1. The van der Waals surface area contributed by atoms with Crippen LogP contribution < -0.4 is 0 Å². The monoisotopic (exact) mass is 256 g/mol. The molecule has 1 atom stereocenters. The maximum Gasteiger partial charge on any atom is 0.108 e. The smallest absolute Gasteiger partial charge is 0.108 e. The third kappa shape index (κ3) is 5.51. The van der Waals surface area contributed by atoms with E-state index in [1.807, 2.05) is 0 Å². The van der Waals surface area contributed by atoms with Gasteiger partial charge in [0.25, 0.3) is 0 Å². The maximum absolute atomic E-state index is 12.1. The Kier molecular flexibility index (Phi) is 8.32. The topological polar surface area (TPSA) is 9.23 Å². The largest absolute Gasteiger partial charge is 0.378 e. The number of ether oxygens (including phenoxy) is 1. The highest BCUT2D eigenvalue weighted by molar-refractivity contribution is 4.91. The molecule has 0 heterocycles. The highest BCUT2D eigenvalue weighted by Gasteiger charge is 2.26. The van der Waals surface area contributed by atoms with E-state index in [0.717, 1.165) is 18.9 Å². The second kappa shape index (κ2) is 9.55. The first-order valence-corrected chi connectivity index (χ1v) is 7.66. The second-order valence-corrected chi connectivity index (χ2v) is 5.43. The fourth-order valence-corrected chi connectivity index (χ4v) is 2.92. The number of hydrogen-bond donors (Lipinski definition) is 0. The van der Waals surface area contributed by atoms with Crippen molar-refractivity contribution in [3.63, 3.8) is 0 Å². The Morgan fingerprint density at radius 3 is 2.50 bits per heavy atom. The molecule has 1 aliphatic rings. The lowest BCUT2D eigenvalue weighted by Gasteiger charge is -2.32. The normalized spacial score (nSPS) is 26.6. The van der Waals surface area contributed by atoms with Crippen molar-refractivity contribution in [2.24, 2.45) is 11.8 Å². The van der Waals surface area contributed by atoms with Crippen LogP contribution in [0.1, 0.15) is 58.8 Å². The minimum Gasteiger partial charge on any atom is -0.378 e. The Bertz CT molecular complexity index is 219. The Labute approximate surface area is 112 Å². The second-order valence-electron chi connectivity index (χ2n) is 5.43. The molecule has 0 spiro atoms. The summed E-state index contributed by atoms with van der Waals surface area (Å²) in [5.74, 6) is 1.33. The predicted molar refractivity (Wildman–Crippen MR) is 75.5 cm³/mol. The lowest BCUT2D eigenvalue weighted by Crippen LogP contribution is -2.27. The summed E-state index contributed by atoms with van der Waals surface area (Å²) in [6, 6.07) is 0. The van der Waals surface area contributed by atoms with E-state index in [-0.39, 0.29) is 6.67 Å². The molecule has 0 aliphatic heterocycles. The van der Waals surface area contributed by atoms with Crippen LogP contribution in [0, 0.1) is 11.8 Å². The molecule has 1 rings (SSSR count). The van der Waals surface area contributed by atoms with Crippen LogP contribution in [0.2, 0.25) is 0 Å². The number of rotatable bonds is 8. The van der Waals surface area contributed by atoms with Crippen LogP contribution in [0.3, 0.4) is 0 Å². The van der Waals surface area contributed by atoms with Crippen molar-refractivity contribution in [1.82, 2.24) is 0 Å². The summed E-state index contributed by atoms with van der Waals surface area (Å²) in [5.41, 5.74) is 0. The van der Waals surface area contributed by atoms with E-state index < -0.39 is 0 Å². The number of alkyl halides is 1. The van der Waals surface area contributed by atoms with Crippen molar-refractivity contribution < 1.29 is 9.13 Å². The van der Waals surface area contributed by atoms with Crippen molar-refractivity contribution in [2.75, 3.05) is 13.3 Å². The minimum atomic E-state index is -0.322. The molecule has 2 heteroatoms. The molecule has 1 nitrogen and oxygen atoms in total. The summed E-state index contributed by atoms with van der Waals surface area (Å²) >= 11 is 0. The van der Waals surface area contributed by atoms with Gasteiger partial charge in [-0.2, -0.15) is 0 Å². The average molecular weight is 256 g/mol. The molecule has 0 aromatic rings. The molecule has 1 fully saturated rings. The van der Waals surface area contributed by atoms with Gasteiger partial charge in [-0.1, -0.05) is 32.4 Å². The van der Waals surface area contributed by atoms with Crippen molar-refractivity contribution in [2.45, 2.75) is 64.9 Å². The van der Waals surface area contributed by atoms with Gasteiger partial charge in [0, 0.05) is 6.61 Å². The van der Waals surface area contributed by atoms with E-state index in [4.69, 9.17) is 4.74 Å². The molecule has 18 heavy (non-hydrogen) atoms. The summed E-state index contributed by atoms with van der Waals surface area (Å²) in [4.78, 5) is 0. The predicted octanol–water partition coefficient (Wildman–Crippen LogP) is 4.91. The van der Waals surface area contributed by atoms with Gasteiger partial charge in [-0.3, -0.25) is 0 Å². The number of hydrogen-bond acceptors (Lipinski definition) is 1. The lowest BCUT2D eigenvalue weighted by molar-refractivity contribution is -0.00581. The van der Waals surface area contributed by atoms with Crippen molar-refractivity contribution in [1.29, 1.82) is 0 Å². The van der Waals surface area contributed by atoms with Crippen LogP contribution in [-0.4, -0.2) is 19.4 Å². The van der Waals surface area contributed by atoms with Gasteiger partial charge >= 0.3 is 0 Å². The van der Waals surface area contributed by atoms with Crippen LogP contribution in [-0.2, 0) is 4.74 Å². The number of halogens is 1. The van der Waals surface area contributed by atoms with E-state index in [2.05, 4.69) is 19.9 Å². The summed E-state index contributed by atoms with van der Waals surface area (Å²) in [6.45, 7) is 5.02. The third-order valence-corrected chi connectivity index (χ3v) is 4.07. The van der Waals surface area contributed by atoms with Crippen LogP contribution >= 0.6 is 0 Å². The van der Waals surface area contributed by atoms with E-state index in [1.165, 1.54) is 38.5 Å². The van der Waals surface area contributed by atoms with Crippen LogP contribution in [0.4, 0.5) is 4.39 Å². The summed E-state index contributed by atoms with van der Waals surface area (Å²) in [5, 5.41) is 0. The molecule has 1 saturated carbocycles. The lowest BCUT2D eigenvalue weighted by atomic mass is 9.78. The summed E-state index contributed by atoms with van der Waals surface area (Å²) in [6.07, 6.45) is 12.6. The quantitative estimate of drug-likeness (QED) is 0.443. The van der Waals surface area contributed by atoms with E-state index in [0.29, 0.717) is 12.0 Å². The van der Waals surface area contributed by atoms with E-state index >= 15 is 0 Å². The zero-order valence-corrected chi connectivity index (χ0v) is 12.0. The molecule has 1 unspecified atom stereocenters. The van der Waals surface area contributed by atoms with E-state index in [9.17, 15) is 4.39 Å². The fourth-order valence-electron chi connectivity index (χ4n) is 2.92. The van der Waals surface area contributed by atoms with Crippen molar-refractivity contribution >= 4 is 0 Å². The number of allylic oxidation sites excluding steroid dienone is 2. The molecule has 0 amide bonds. The van der Waals surface area contributed by atoms with Gasteiger partial charge in [-0.05, 0) is 50.4 Å². The summed E-state index contributed by atoms with van der Waals surface area (Å²) in [7, 11) is 0. The molecule has 0 aromatic carbocycles. The standard InChI is InChI=1S/C16H29FO/c1-3-5-13-18-16(4-2)15-10-8-14(9-11-15)7-6-12-17/h6-7,14-16H,3-5,8-13H2,1-2H3/b7-6+. The maximum atomic E-state index is 12.1. The fraction of sp³-hybridized carbons (Fsp3) is 0.875. The Morgan fingerprint density at radius 2 is 1.94 bits per heavy atom. The third-order valence-electron chi connectivity index (χ3n) is 4.07. The molecule has 0 aromatic heterocycles. The van der Waals surface area contributed by atoms with Gasteiger partial charge in [0.2, 0.25) is 0 Å².